The Morgan fingerprint density at radius 1 is 1.15 bits per heavy atom. The van der Waals surface area contributed by atoms with E-state index in [1.807, 2.05) is 51.1 Å². The molecule has 1 aromatic carbocycles. The van der Waals surface area contributed by atoms with E-state index >= 15 is 0 Å². The van der Waals surface area contributed by atoms with Gasteiger partial charge in [-0.2, -0.15) is 0 Å². The quantitative estimate of drug-likeness (QED) is 0.663. The van der Waals surface area contributed by atoms with Gasteiger partial charge in [-0.05, 0) is 50.6 Å². The highest BCUT2D eigenvalue weighted by atomic mass is 35.5. The number of ether oxygens (including phenoxy) is 1. The molecule has 2 aromatic heterocycles. The first kappa shape index (κ1) is 17.7. The van der Waals surface area contributed by atoms with Crippen molar-refractivity contribution in [2.24, 2.45) is 0 Å². The van der Waals surface area contributed by atoms with E-state index in [4.69, 9.17) is 21.3 Å². The number of hydrogen-bond acceptors (Lipinski definition) is 4. The zero-order valence-electron chi connectivity index (χ0n) is 15.7. The van der Waals surface area contributed by atoms with Crippen LogP contribution in [0.2, 0.25) is 5.02 Å². The highest BCUT2D eigenvalue weighted by molar-refractivity contribution is 6.31. The third kappa shape index (κ3) is 2.92. The lowest BCUT2D eigenvalue weighted by Crippen LogP contribution is -2.30. The largest absolute Gasteiger partial charge is 0.480 e. The van der Waals surface area contributed by atoms with Crippen LogP contribution in [0, 0.1) is 6.92 Å². The van der Waals surface area contributed by atoms with Crippen molar-refractivity contribution in [3.8, 4) is 17.1 Å². The van der Waals surface area contributed by atoms with Crippen LogP contribution in [0.1, 0.15) is 35.5 Å². The molecule has 3 heterocycles. The van der Waals surface area contributed by atoms with E-state index in [0.717, 1.165) is 22.2 Å². The first-order valence-electron chi connectivity index (χ1n) is 8.85. The van der Waals surface area contributed by atoms with E-state index in [-0.39, 0.29) is 11.9 Å². The third-order valence-corrected chi connectivity index (χ3v) is 5.18. The van der Waals surface area contributed by atoms with E-state index in [1.165, 1.54) is 0 Å². The second kappa shape index (κ2) is 6.50. The number of hydrogen-bond donors (Lipinski definition) is 0. The molecule has 0 saturated carbocycles. The molecule has 5 nitrogen and oxygen atoms in total. The Balaban J connectivity index is 1.90. The van der Waals surface area contributed by atoms with Gasteiger partial charge in [0.15, 0.2) is 0 Å². The van der Waals surface area contributed by atoms with Gasteiger partial charge in [0.05, 0.1) is 41.7 Å². The number of rotatable bonds is 3. The smallest absolute Gasteiger partial charge is 0.256 e. The average molecular weight is 382 g/mol. The molecule has 0 unspecified atom stereocenters. The monoisotopic (exact) mass is 381 g/mol. The Bertz CT molecular complexity index is 1080. The van der Waals surface area contributed by atoms with Gasteiger partial charge in [0.2, 0.25) is 5.88 Å². The summed E-state index contributed by atoms with van der Waals surface area (Å²) >= 11 is 6.14. The minimum Gasteiger partial charge on any atom is -0.480 e. The maximum absolute atomic E-state index is 12.8. The van der Waals surface area contributed by atoms with Gasteiger partial charge in [-0.3, -0.25) is 4.79 Å². The SMILES string of the molecule is COc1nc2c(cc1-c1cc(C)c3ccc(Cl)cc3n1)C(=O)N(C(C)C)C2. The number of amides is 1. The molecule has 1 aliphatic heterocycles. The molecule has 1 amide bonds. The lowest BCUT2D eigenvalue weighted by atomic mass is 10.0. The summed E-state index contributed by atoms with van der Waals surface area (Å²) in [6, 6.07) is 9.61. The molecule has 0 fully saturated rings. The molecule has 6 heteroatoms. The fourth-order valence-corrected chi connectivity index (χ4v) is 3.66. The van der Waals surface area contributed by atoms with E-state index in [0.29, 0.717) is 34.3 Å². The molecule has 3 aromatic rings. The predicted molar refractivity (Wildman–Crippen MR) is 106 cm³/mol. The Morgan fingerprint density at radius 2 is 1.93 bits per heavy atom. The molecule has 0 radical (unpaired) electrons. The zero-order chi connectivity index (χ0) is 19.3. The minimum absolute atomic E-state index is 0.00282. The van der Waals surface area contributed by atoms with Crippen LogP contribution in [0.3, 0.4) is 0 Å². The second-order valence-electron chi connectivity index (χ2n) is 7.05. The number of benzene rings is 1. The Labute approximate surface area is 162 Å². The van der Waals surface area contributed by atoms with Crippen molar-refractivity contribution in [3.05, 3.63) is 52.2 Å². The standard InChI is InChI=1S/C21H20ClN3O2/c1-11(2)25-10-19-16(21(25)26)9-15(20(24-19)27-4)17-7-12(3)14-6-5-13(22)8-18(14)23-17/h5-9,11H,10H2,1-4H3. The van der Waals surface area contributed by atoms with Gasteiger partial charge < -0.3 is 9.64 Å². The second-order valence-corrected chi connectivity index (χ2v) is 7.49. The number of carbonyl (C=O) groups excluding carboxylic acids is 1. The van der Waals surface area contributed by atoms with Crippen LogP contribution >= 0.6 is 11.6 Å². The zero-order valence-corrected chi connectivity index (χ0v) is 16.5. The highest BCUT2D eigenvalue weighted by Crippen LogP contribution is 2.35. The van der Waals surface area contributed by atoms with Crippen molar-refractivity contribution < 1.29 is 9.53 Å². The Morgan fingerprint density at radius 3 is 2.63 bits per heavy atom. The number of methoxy groups -OCH3 is 1. The Kier molecular flexibility index (Phi) is 4.27. The van der Waals surface area contributed by atoms with Gasteiger partial charge in [-0.1, -0.05) is 17.7 Å². The van der Waals surface area contributed by atoms with Gasteiger partial charge in [-0.25, -0.2) is 9.97 Å². The van der Waals surface area contributed by atoms with Gasteiger partial charge in [0.25, 0.3) is 5.91 Å². The fourth-order valence-electron chi connectivity index (χ4n) is 3.50. The maximum atomic E-state index is 12.8. The maximum Gasteiger partial charge on any atom is 0.256 e. The summed E-state index contributed by atoms with van der Waals surface area (Å²) < 4.78 is 5.52. The van der Waals surface area contributed by atoms with Crippen molar-refractivity contribution in [2.75, 3.05) is 7.11 Å². The molecule has 0 aliphatic carbocycles. The van der Waals surface area contributed by atoms with Gasteiger partial charge >= 0.3 is 0 Å². The van der Waals surface area contributed by atoms with Crippen LogP contribution in [0.15, 0.2) is 30.3 Å². The lowest BCUT2D eigenvalue weighted by Gasteiger charge is -2.19. The van der Waals surface area contributed by atoms with E-state index in [9.17, 15) is 4.79 Å². The molecule has 0 bridgehead atoms. The summed E-state index contributed by atoms with van der Waals surface area (Å²) in [6.07, 6.45) is 0. The summed E-state index contributed by atoms with van der Waals surface area (Å²) in [5.74, 6) is 0.470. The number of pyridine rings is 2. The molecule has 0 saturated heterocycles. The Hall–Kier alpha value is -2.66. The number of halogens is 1. The number of aryl methyl sites for hydroxylation is 1. The van der Waals surface area contributed by atoms with Crippen LogP contribution in [0.5, 0.6) is 5.88 Å². The van der Waals surface area contributed by atoms with Crippen molar-refractivity contribution >= 4 is 28.4 Å². The summed E-state index contributed by atoms with van der Waals surface area (Å²) in [5.41, 5.74) is 4.66. The minimum atomic E-state index is -0.00282. The molecule has 138 valence electrons. The van der Waals surface area contributed by atoms with Crippen LogP contribution in [-0.4, -0.2) is 33.9 Å². The van der Waals surface area contributed by atoms with Gasteiger partial charge in [0, 0.05) is 16.5 Å². The van der Waals surface area contributed by atoms with E-state index in [2.05, 4.69) is 4.98 Å². The molecule has 0 N–H and O–H groups in total. The van der Waals surface area contributed by atoms with Gasteiger partial charge in [0.1, 0.15) is 0 Å². The van der Waals surface area contributed by atoms with Crippen LogP contribution in [-0.2, 0) is 6.54 Å². The molecule has 0 spiro atoms. The third-order valence-electron chi connectivity index (χ3n) is 4.95. The number of aromatic nitrogens is 2. The first-order chi connectivity index (χ1) is 12.9. The van der Waals surface area contributed by atoms with Crippen molar-refractivity contribution in [3.63, 3.8) is 0 Å². The number of nitrogens with zero attached hydrogens (tertiary/aromatic N) is 3. The summed E-state index contributed by atoms with van der Waals surface area (Å²) in [4.78, 5) is 23.9. The average Bonchev–Trinajstić information content (AvgIpc) is 2.96. The molecule has 1 aliphatic rings. The summed E-state index contributed by atoms with van der Waals surface area (Å²) in [6.45, 7) is 6.53. The molecule has 4 rings (SSSR count). The summed E-state index contributed by atoms with van der Waals surface area (Å²) in [5, 5.41) is 1.67. The predicted octanol–water partition coefficient (Wildman–Crippen LogP) is 4.63. The molecule has 0 atom stereocenters. The number of carbonyl (C=O) groups is 1. The fraction of sp³-hybridized carbons (Fsp3) is 0.286. The highest BCUT2D eigenvalue weighted by Gasteiger charge is 2.32. The molecular weight excluding hydrogens is 362 g/mol. The normalized spacial score (nSPS) is 13.6. The summed E-state index contributed by atoms with van der Waals surface area (Å²) in [7, 11) is 1.58. The van der Waals surface area contributed by atoms with Crippen LogP contribution in [0.25, 0.3) is 22.2 Å². The lowest BCUT2D eigenvalue weighted by molar-refractivity contribution is 0.0730. The molecular formula is C21H20ClN3O2. The van der Waals surface area contributed by atoms with Crippen molar-refractivity contribution in [2.45, 2.75) is 33.4 Å². The van der Waals surface area contributed by atoms with Crippen molar-refractivity contribution in [1.82, 2.24) is 14.9 Å². The topological polar surface area (TPSA) is 55.3 Å². The number of fused-ring (bicyclic) bond motifs is 2. The van der Waals surface area contributed by atoms with Gasteiger partial charge in [-0.15, -0.1) is 0 Å². The van der Waals surface area contributed by atoms with Crippen LogP contribution < -0.4 is 4.74 Å². The van der Waals surface area contributed by atoms with Crippen molar-refractivity contribution in [1.29, 1.82) is 0 Å². The van der Waals surface area contributed by atoms with E-state index < -0.39 is 0 Å². The first-order valence-corrected chi connectivity index (χ1v) is 9.23. The van der Waals surface area contributed by atoms with E-state index in [1.54, 1.807) is 12.0 Å². The molecule has 27 heavy (non-hydrogen) atoms. The van der Waals surface area contributed by atoms with Crippen LogP contribution in [0.4, 0.5) is 0 Å².